The number of carbonyl (C=O) groups is 2. The highest BCUT2D eigenvalue weighted by atomic mass is 35.5. The first-order valence-corrected chi connectivity index (χ1v) is 12.3. The van der Waals surface area contributed by atoms with Gasteiger partial charge in [0.2, 0.25) is 11.8 Å². The lowest BCUT2D eigenvalue weighted by molar-refractivity contribution is -0.140. The van der Waals surface area contributed by atoms with Crippen molar-refractivity contribution in [1.82, 2.24) is 10.2 Å². The van der Waals surface area contributed by atoms with Gasteiger partial charge >= 0.3 is 0 Å². The Labute approximate surface area is 199 Å². The monoisotopic (exact) mass is 480 g/mol. The van der Waals surface area contributed by atoms with E-state index in [0.29, 0.717) is 29.4 Å². The summed E-state index contributed by atoms with van der Waals surface area (Å²) in [5, 5.41) is 4.28. The lowest BCUT2D eigenvalue weighted by Crippen LogP contribution is -2.49. The van der Waals surface area contributed by atoms with Crippen molar-refractivity contribution >= 4 is 46.8 Å². The van der Waals surface area contributed by atoms with Crippen molar-refractivity contribution in [3.8, 4) is 0 Å². The minimum atomic E-state index is -0.582. The van der Waals surface area contributed by atoms with E-state index in [1.807, 2.05) is 56.3 Å². The molecule has 0 aliphatic carbocycles. The molecule has 0 fully saturated rings. The third-order valence-corrected chi connectivity index (χ3v) is 6.80. The Morgan fingerprint density at radius 1 is 1.06 bits per heavy atom. The van der Waals surface area contributed by atoms with Crippen LogP contribution in [0.15, 0.2) is 53.4 Å². The van der Waals surface area contributed by atoms with Crippen LogP contribution < -0.4 is 5.32 Å². The molecule has 2 aromatic rings. The molecule has 0 saturated carbocycles. The molecule has 0 aliphatic heterocycles. The molecule has 2 rings (SSSR count). The van der Waals surface area contributed by atoms with Gasteiger partial charge in [0.05, 0.1) is 0 Å². The number of benzene rings is 2. The topological polar surface area (TPSA) is 49.4 Å². The molecule has 0 spiro atoms. The minimum Gasteiger partial charge on any atom is -0.352 e. The summed E-state index contributed by atoms with van der Waals surface area (Å²) in [6.45, 7) is 6.05. The van der Waals surface area contributed by atoms with Crippen LogP contribution in [-0.4, -0.2) is 34.6 Å². The highest BCUT2D eigenvalue weighted by Gasteiger charge is 2.26. The molecule has 7 heteroatoms. The minimum absolute atomic E-state index is 0.0524. The zero-order valence-corrected chi connectivity index (χ0v) is 20.6. The molecule has 168 valence electrons. The summed E-state index contributed by atoms with van der Waals surface area (Å²) in [5.41, 5.74) is 0.830. The molecule has 0 radical (unpaired) electrons. The van der Waals surface area contributed by atoms with Crippen LogP contribution in [0.2, 0.25) is 10.0 Å². The van der Waals surface area contributed by atoms with Crippen LogP contribution in [0.4, 0.5) is 0 Å². The van der Waals surface area contributed by atoms with Crippen LogP contribution in [0, 0.1) is 0 Å². The van der Waals surface area contributed by atoms with Crippen molar-refractivity contribution in [2.45, 2.75) is 63.6 Å². The maximum atomic E-state index is 13.1. The van der Waals surface area contributed by atoms with Gasteiger partial charge < -0.3 is 10.2 Å². The molecular weight excluding hydrogens is 451 g/mol. The van der Waals surface area contributed by atoms with Crippen LogP contribution in [0.1, 0.15) is 45.6 Å². The number of halogens is 2. The maximum absolute atomic E-state index is 13.1. The van der Waals surface area contributed by atoms with Gasteiger partial charge in [0.15, 0.2) is 0 Å². The second kappa shape index (κ2) is 13.0. The molecule has 0 aliphatic rings. The summed E-state index contributed by atoms with van der Waals surface area (Å²) in [6.07, 6.45) is 1.91. The van der Waals surface area contributed by atoms with Crippen LogP contribution in [0.3, 0.4) is 0 Å². The molecule has 31 heavy (non-hydrogen) atoms. The SMILES string of the molecule is CC[C@H](C)NC(=O)[C@H](C)N(Cc1ccccc1Cl)C(=O)CCCSc1ccc(Cl)cc1. The van der Waals surface area contributed by atoms with E-state index >= 15 is 0 Å². The predicted octanol–water partition coefficient (Wildman–Crippen LogP) is 6.20. The Bertz CT molecular complexity index is 861. The molecule has 4 nitrogen and oxygen atoms in total. The second-order valence-corrected chi connectivity index (χ2v) is 9.52. The van der Waals surface area contributed by atoms with Gasteiger partial charge in [-0.2, -0.15) is 0 Å². The molecule has 2 aromatic carbocycles. The zero-order valence-electron chi connectivity index (χ0n) is 18.2. The van der Waals surface area contributed by atoms with Crippen molar-refractivity contribution in [3.63, 3.8) is 0 Å². The zero-order chi connectivity index (χ0) is 22.8. The number of rotatable bonds is 11. The smallest absolute Gasteiger partial charge is 0.242 e. The molecule has 0 aromatic heterocycles. The van der Waals surface area contributed by atoms with Gasteiger partial charge in [0.1, 0.15) is 6.04 Å². The predicted molar refractivity (Wildman–Crippen MR) is 131 cm³/mol. The summed E-state index contributed by atoms with van der Waals surface area (Å²) < 4.78 is 0. The number of nitrogens with one attached hydrogen (secondary N) is 1. The van der Waals surface area contributed by atoms with Gasteiger partial charge in [-0.25, -0.2) is 0 Å². The van der Waals surface area contributed by atoms with Crippen molar-refractivity contribution in [1.29, 1.82) is 0 Å². The van der Waals surface area contributed by atoms with Crippen LogP contribution in [-0.2, 0) is 16.1 Å². The summed E-state index contributed by atoms with van der Waals surface area (Å²) in [4.78, 5) is 28.6. The first-order valence-electron chi connectivity index (χ1n) is 10.5. The van der Waals surface area contributed by atoms with E-state index in [1.165, 1.54) is 0 Å². The van der Waals surface area contributed by atoms with Gasteiger partial charge in [0, 0.05) is 33.9 Å². The number of thioether (sulfide) groups is 1. The van der Waals surface area contributed by atoms with Gasteiger partial charge in [0.25, 0.3) is 0 Å². The van der Waals surface area contributed by atoms with E-state index in [9.17, 15) is 9.59 Å². The lowest BCUT2D eigenvalue weighted by atomic mass is 10.1. The van der Waals surface area contributed by atoms with Crippen molar-refractivity contribution in [2.24, 2.45) is 0 Å². The Hall–Kier alpha value is -1.69. The number of hydrogen-bond donors (Lipinski definition) is 1. The number of nitrogens with zero attached hydrogens (tertiary/aromatic N) is 1. The fourth-order valence-corrected chi connectivity index (χ4v) is 4.12. The van der Waals surface area contributed by atoms with E-state index < -0.39 is 6.04 Å². The van der Waals surface area contributed by atoms with Crippen molar-refractivity contribution < 1.29 is 9.59 Å². The first kappa shape index (κ1) is 25.6. The Kier molecular flexibility index (Phi) is 10.7. The highest BCUT2D eigenvalue weighted by Crippen LogP contribution is 2.23. The van der Waals surface area contributed by atoms with Gasteiger partial charge in [-0.1, -0.05) is 48.3 Å². The standard InChI is InChI=1S/C24H30Cl2N2O2S/c1-4-17(2)27-24(30)18(3)28(16-19-8-5-6-9-22(19)26)23(29)10-7-15-31-21-13-11-20(25)12-14-21/h5-6,8-9,11-14,17-18H,4,7,10,15-16H2,1-3H3,(H,27,30)/t17-,18-/m0/s1. The molecule has 0 heterocycles. The van der Waals surface area contributed by atoms with Gasteiger partial charge in [-0.05, 0) is 68.3 Å². The average molecular weight is 481 g/mol. The maximum Gasteiger partial charge on any atom is 0.242 e. The van der Waals surface area contributed by atoms with Crippen LogP contribution in [0.5, 0.6) is 0 Å². The highest BCUT2D eigenvalue weighted by molar-refractivity contribution is 7.99. The lowest BCUT2D eigenvalue weighted by Gasteiger charge is -2.30. The van der Waals surface area contributed by atoms with E-state index in [4.69, 9.17) is 23.2 Å². The summed E-state index contributed by atoms with van der Waals surface area (Å²) in [6, 6.07) is 14.6. The normalized spacial score (nSPS) is 12.8. The van der Waals surface area contributed by atoms with Crippen LogP contribution in [0.25, 0.3) is 0 Å². The van der Waals surface area contributed by atoms with E-state index in [0.717, 1.165) is 22.6 Å². The van der Waals surface area contributed by atoms with Crippen LogP contribution >= 0.6 is 35.0 Å². The van der Waals surface area contributed by atoms with E-state index in [-0.39, 0.29) is 17.9 Å². The molecule has 0 unspecified atom stereocenters. The fourth-order valence-electron chi connectivity index (χ4n) is 2.95. The Morgan fingerprint density at radius 2 is 1.74 bits per heavy atom. The van der Waals surface area contributed by atoms with Crippen molar-refractivity contribution in [3.05, 3.63) is 64.1 Å². The Balaban J connectivity index is 2.01. The Morgan fingerprint density at radius 3 is 2.39 bits per heavy atom. The molecular formula is C24H30Cl2N2O2S. The molecule has 0 bridgehead atoms. The second-order valence-electron chi connectivity index (χ2n) is 7.51. The third-order valence-electron chi connectivity index (χ3n) is 5.08. The quantitative estimate of drug-likeness (QED) is 0.307. The molecule has 1 N–H and O–H groups in total. The van der Waals surface area contributed by atoms with E-state index in [1.54, 1.807) is 29.7 Å². The largest absolute Gasteiger partial charge is 0.352 e. The number of hydrogen-bond acceptors (Lipinski definition) is 3. The molecule has 2 amide bonds. The number of amides is 2. The number of carbonyl (C=O) groups excluding carboxylic acids is 2. The third kappa shape index (κ3) is 8.40. The first-order chi connectivity index (χ1) is 14.8. The van der Waals surface area contributed by atoms with Gasteiger partial charge in [-0.15, -0.1) is 11.8 Å². The molecule has 2 atom stereocenters. The fraction of sp³-hybridized carbons (Fsp3) is 0.417. The molecule has 0 saturated heterocycles. The average Bonchev–Trinajstić information content (AvgIpc) is 2.76. The van der Waals surface area contributed by atoms with Gasteiger partial charge in [-0.3, -0.25) is 9.59 Å². The summed E-state index contributed by atoms with van der Waals surface area (Å²) in [5.74, 6) is 0.606. The summed E-state index contributed by atoms with van der Waals surface area (Å²) in [7, 11) is 0. The van der Waals surface area contributed by atoms with Crippen molar-refractivity contribution in [2.75, 3.05) is 5.75 Å². The summed E-state index contributed by atoms with van der Waals surface area (Å²) >= 11 is 13.9. The van der Waals surface area contributed by atoms with E-state index in [2.05, 4.69) is 5.32 Å².